The number of hydrogen-bond donors (Lipinski definition) is 0. The van der Waals surface area contributed by atoms with Gasteiger partial charge in [0.05, 0.1) is 17.0 Å². The number of benzene rings is 1. The molecule has 0 bridgehead atoms. The lowest BCUT2D eigenvalue weighted by Gasteiger charge is -2.17. The van der Waals surface area contributed by atoms with Crippen molar-refractivity contribution in [3.05, 3.63) is 61.6 Å². The molecule has 0 atom stereocenters. The maximum absolute atomic E-state index is 13.7. The predicted octanol–water partition coefficient (Wildman–Crippen LogP) is 3.38. The van der Waals surface area contributed by atoms with Gasteiger partial charge in [-0.15, -0.1) is 11.3 Å². The Kier molecular flexibility index (Phi) is 4.32. The van der Waals surface area contributed by atoms with E-state index in [1.165, 1.54) is 16.2 Å². The second-order valence-corrected chi connectivity index (χ2v) is 5.61. The Morgan fingerprint density at radius 2 is 2.14 bits per heavy atom. The molecule has 7 heteroatoms. The lowest BCUT2D eigenvalue weighted by atomic mass is 10.1. The van der Waals surface area contributed by atoms with Gasteiger partial charge >= 0.3 is 0 Å². The van der Waals surface area contributed by atoms with Crippen LogP contribution in [0.25, 0.3) is 0 Å². The first-order chi connectivity index (χ1) is 9.90. The summed E-state index contributed by atoms with van der Waals surface area (Å²) in [7, 11) is 1.54. The van der Waals surface area contributed by atoms with Gasteiger partial charge in [-0.1, -0.05) is 0 Å². The summed E-state index contributed by atoms with van der Waals surface area (Å²) in [5.74, 6) is -1.34. The number of hydrogen-bond acceptors (Lipinski definition) is 4. The van der Waals surface area contributed by atoms with Crippen molar-refractivity contribution in [2.75, 3.05) is 7.05 Å². The van der Waals surface area contributed by atoms with E-state index in [1.807, 2.05) is 18.4 Å². The van der Waals surface area contributed by atoms with Crippen molar-refractivity contribution >= 4 is 22.9 Å². The molecule has 1 aromatic carbocycles. The van der Waals surface area contributed by atoms with E-state index in [1.54, 1.807) is 7.05 Å². The molecule has 0 radical (unpaired) electrons. The fourth-order valence-electron chi connectivity index (χ4n) is 1.85. The van der Waals surface area contributed by atoms with E-state index in [2.05, 4.69) is 0 Å². The molecule has 0 fully saturated rings. The maximum Gasteiger partial charge on any atom is 0.270 e. The van der Waals surface area contributed by atoms with Crippen LogP contribution in [0, 0.1) is 22.9 Å². The van der Waals surface area contributed by atoms with Gasteiger partial charge in [0.2, 0.25) is 0 Å². The second-order valence-electron chi connectivity index (χ2n) is 4.61. The monoisotopic (exact) mass is 308 g/mol. The summed E-state index contributed by atoms with van der Waals surface area (Å²) in [6.45, 7) is 2.27. The minimum Gasteiger partial charge on any atom is -0.336 e. The summed E-state index contributed by atoms with van der Waals surface area (Å²) in [6.07, 6.45) is 0. The Balaban J connectivity index is 2.25. The molecule has 2 rings (SSSR count). The largest absolute Gasteiger partial charge is 0.336 e. The number of halogens is 1. The van der Waals surface area contributed by atoms with Gasteiger partial charge in [0.25, 0.3) is 11.6 Å². The molecule has 2 aromatic rings. The highest BCUT2D eigenvalue weighted by Gasteiger charge is 2.20. The first kappa shape index (κ1) is 15.1. The number of carbonyl (C=O) groups excluding carboxylic acids is 1. The minimum absolute atomic E-state index is 0.291. The van der Waals surface area contributed by atoms with Crippen LogP contribution in [-0.2, 0) is 6.54 Å². The van der Waals surface area contributed by atoms with E-state index in [4.69, 9.17) is 0 Å². The van der Waals surface area contributed by atoms with Gasteiger partial charge in [-0.25, -0.2) is 4.39 Å². The maximum atomic E-state index is 13.7. The first-order valence-electron chi connectivity index (χ1n) is 6.12. The van der Waals surface area contributed by atoms with E-state index in [0.29, 0.717) is 6.54 Å². The third-order valence-corrected chi connectivity index (χ3v) is 4.09. The number of non-ortho nitro benzene ring substituents is 1. The summed E-state index contributed by atoms with van der Waals surface area (Å²) < 4.78 is 13.7. The standard InChI is InChI=1S/C14H13FN2O3S/c1-9-5-6-21-13(9)8-16(2)14(18)11-7-10(17(19)20)3-4-12(11)15/h3-7H,8H2,1-2H3. The van der Waals surface area contributed by atoms with E-state index in [0.717, 1.165) is 28.6 Å². The Morgan fingerprint density at radius 3 is 2.71 bits per heavy atom. The van der Waals surface area contributed by atoms with Crippen molar-refractivity contribution in [2.45, 2.75) is 13.5 Å². The lowest BCUT2D eigenvalue weighted by Crippen LogP contribution is -2.27. The van der Waals surface area contributed by atoms with Gasteiger partial charge < -0.3 is 4.90 Å². The molecule has 0 unspecified atom stereocenters. The molecule has 0 saturated heterocycles. The first-order valence-corrected chi connectivity index (χ1v) is 7.00. The van der Waals surface area contributed by atoms with E-state index >= 15 is 0 Å². The number of nitro benzene ring substituents is 1. The van der Waals surface area contributed by atoms with Gasteiger partial charge in [-0.2, -0.15) is 0 Å². The fourth-order valence-corrected chi connectivity index (χ4v) is 2.81. The highest BCUT2D eigenvalue weighted by atomic mass is 32.1. The van der Waals surface area contributed by atoms with Crippen molar-refractivity contribution in [3.63, 3.8) is 0 Å². The van der Waals surface area contributed by atoms with Crippen molar-refractivity contribution < 1.29 is 14.1 Å². The molecule has 0 aliphatic rings. The van der Waals surface area contributed by atoms with Gasteiger partial charge in [0.1, 0.15) is 5.82 Å². The van der Waals surface area contributed by atoms with Crippen LogP contribution in [0.5, 0.6) is 0 Å². The number of rotatable bonds is 4. The number of aryl methyl sites for hydroxylation is 1. The average Bonchev–Trinajstić information content (AvgIpc) is 2.83. The second kappa shape index (κ2) is 6.01. The Bertz CT molecular complexity index is 699. The van der Waals surface area contributed by atoms with Crippen LogP contribution in [0.2, 0.25) is 0 Å². The molecule has 0 aliphatic heterocycles. The molecule has 0 N–H and O–H groups in total. The van der Waals surface area contributed by atoms with Crippen LogP contribution < -0.4 is 0 Å². The van der Waals surface area contributed by atoms with Crippen molar-refractivity contribution in [1.82, 2.24) is 4.90 Å². The Morgan fingerprint density at radius 1 is 1.43 bits per heavy atom. The summed E-state index contributed by atoms with van der Waals surface area (Å²) in [5.41, 5.74) is 0.459. The zero-order chi connectivity index (χ0) is 15.6. The summed E-state index contributed by atoms with van der Waals surface area (Å²) in [6, 6.07) is 4.88. The smallest absolute Gasteiger partial charge is 0.270 e. The van der Waals surface area contributed by atoms with Gasteiger partial charge in [0.15, 0.2) is 0 Å². The van der Waals surface area contributed by atoms with Crippen molar-refractivity contribution in [2.24, 2.45) is 0 Å². The molecule has 110 valence electrons. The number of amides is 1. The Labute approximate surface area is 124 Å². The number of nitrogens with zero attached hydrogens (tertiary/aromatic N) is 2. The zero-order valence-electron chi connectivity index (χ0n) is 11.5. The average molecular weight is 308 g/mol. The highest BCUT2D eigenvalue weighted by molar-refractivity contribution is 7.10. The van der Waals surface area contributed by atoms with Crippen molar-refractivity contribution in [1.29, 1.82) is 0 Å². The molecular weight excluding hydrogens is 295 g/mol. The SMILES string of the molecule is Cc1ccsc1CN(C)C(=O)c1cc([N+](=O)[O-])ccc1F. The quantitative estimate of drug-likeness (QED) is 0.642. The normalized spacial score (nSPS) is 10.4. The van der Waals surface area contributed by atoms with Crippen LogP contribution in [0.4, 0.5) is 10.1 Å². The van der Waals surface area contributed by atoms with Crippen LogP contribution >= 0.6 is 11.3 Å². The van der Waals surface area contributed by atoms with Crippen LogP contribution in [0.3, 0.4) is 0 Å². The summed E-state index contributed by atoms with van der Waals surface area (Å²) >= 11 is 1.51. The number of nitro groups is 1. The molecular formula is C14H13FN2O3S. The van der Waals surface area contributed by atoms with Gasteiger partial charge in [-0.05, 0) is 30.0 Å². The predicted molar refractivity (Wildman–Crippen MR) is 77.9 cm³/mol. The molecule has 1 amide bonds. The van der Waals surface area contributed by atoms with E-state index in [-0.39, 0.29) is 11.3 Å². The summed E-state index contributed by atoms with van der Waals surface area (Å²) in [5, 5.41) is 12.6. The molecule has 5 nitrogen and oxygen atoms in total. The third kappa shape index (κ3) is 3.25. The number of thiophene rings is 1. The highest BCUT2D eigenvalue weighted by Crippen LogP contribution is 2.21. The number of carbonyl (C=O) groups is 1. The molecule has 1 heterocycles. The van der Waals surface area contributed by atoms with Gasteiger partial charge in [0, 0.05) is 24.1 Å². The van der Waals surface area contributed by atoms with Gasteiger partial charge in [-0.3, -0.25) is 14.9 Å². The lowest BCUT2D eigenvalue weighted by molar-refractivity contribution is -0.384. The van der Waals surface area contributed by atoms with Crippen LogP contribution in [0.1, 0.15) is 20.8 Å². The summed E-state index contributed by atoms with van der Waals surface area (Å²) in [4.78, 5) is 24.7. The fraction of sp³-hybridized carbons (Fsp3) is 0.214. The van der Waals surface area contributed by atoms with E-state index < -0.39 is 16.6 Å². The van der Waals surface area contributed by atoms with Crippen LogP contribution in [-0.4, -0.2) is 22.8 Å². The zero-order valence-corrected chi connectivity index (χ0v) is 12.3. The third-order valence-electron chi connectivity index (χ3n) is 3.09. The molecule has 0 aliphatic carbocycles. The topological polar surface area (TPSA) is 63.5 Å². The Hall–Kier alpha value is -2.28. The molecule has 0 saturated carbocycles. The van der Waals surface area contributed by atoms with E-state index in [9.17, 15) is 19.3 Å². The van der Waals surface area contributed by atoms with Crippen molar-refractivity contribution in [3.8, 4) is 0 Å². The van der Waals surface area contributed by atoms with Crippen LogP contribution in [0.15, 0.2) is 29.6 Å². The molecule has 21 heavy (non-hydrogen) atoms. The minimum atomic E-state index is -0.764. The molecule has 1 aromatic heterocycles. The molecule has 0 spiro atoms.